The number of amidine groups is 1. The molecule has 1 unspecified atom stereocenters. The van der Waals surface area contributed by atoms with Crippen LogP contribution in [0.2, 0.25) is 0 Å². The monoisotopic (exact) mass is 346 g/mol. The Labute approximate surface area is 136 Å². The lowest BCUT2D eigenvalue weighted by Crippen LogP contribution is -2.42. The maximum absolute atomic E-state index is 12.5. The van der Waals surface area contributed by atoms with Gasteiger partial charge >= 0.3 is 0 Å². The van der Waals surface area contributed by atoms with Gasteiger partial charge in [-0.3, -0.25) is 4.79 Å². The molecule has 1 saturated heterocycles. The number of rotatable bonds is 2. The first-order valence-corrected chi connectivity index (χ1v) is 8.61. The molecule has 22 heavy (non-hydrogen) atoms. The van der Waals surface area contributed by atoms with Gasteiger partial charge in [0.15, 0.2) is 0 Å². The fraction of sp³-hybridized carbons (Fsp3) is 0.538. The summed E-state index contributed by atoms with van der Waals surface area (Å²) in [5.41, 5.74) is 6.25. The van der Waals surface area contributed by atoms with Crippen LogP contribution in [0, 0.1) is 0 Å². The number of sulfonamides is 1. The second kappa shape index (κ2) is 6.39. The number of fused-ring (bicyclic) bond motifs is 1. The quantitative estimate of drug-likeness (QED) is 0.750. The van der Waals surface area contributed by atoms with Crippen LogP contribution < -0.4 is 5.73 Å². The third kappa shape index (κ3) is 3.18. The molecule has 9 heteroatoms. The molecule has 0 radical (unpaired) electrons. The molecule has 0 saturated carbocycles. The van der Waals surface area contributed by atoms with Gasteiger partial charge in [0, 0.05) is 31.9 Å². The first-order valence-electron chi connectivity index (χ1n) is 7.00. The molecule has 0 aromatic rings. The van der Waals surface area contributed by atoms with Crippen LogP contribution in [0.5, 0.6) is 0 Å². The molecule has 1 amide bonds. The molecule has 0 spiro atoms. The molecule has 1 atom stereocenters. The lowest BCUT2D eigenvalue weighted by molar-refractivity contribution is -0.127. The Kier molecular flexibility index (Phi) is 4.93. The van der Waals surface area contributed by atoms with Crippen molar-refractivity contribution in [3.63, 3.8) is 0 Å². The first-order chi connectivity index (χ1) is 10.00. The predicted molar refractivity (Wildman–Crippen MR) is 86.2 cm³/mol. The van der Waals surface area contributed by atoms with E-state index in [-0.39, 0.29) is 30.1 Å². The Morgan fingerprint density at radius 2 is 2.14 bits per heavy atom. The van der Waals surface area contributed by atoms with Gasteiger partial charge in [-0.25, -0.2) is 8.42 Å². The highest BCUT2D eigenvalue weighted by Gasteiger charge is 2.31. The van der Waals surface area contributed by atoms with Crippen molar-refractivity contribution in [2.75, 3.05) is 25.4 Å². The largest absolute Gasteiger partial charge is 0.334 e. The van der Waals surface area contributed by atoms with Crippen LogP contribution in [-0.4, -0.2) is 61.4 Å². The molecule has 0 aromatic heterocycles. The van der Waals surface area contributed by atoms with Crippen molar-refractivity contribution in [3.05, 3.63) is 23.9 Å². The molecule has 3 aliphatic heterocycles. The molecular formula is C13H19ClN4O3S. The van der Waals surface area contributed by atoms with Gasteiger partial charge in [-0.15, -0.1) is 16.8 Å². The Hall–Kier alpha value is -1.38. The number of hydrogen-bond acceptors (Lipinski definition) is 5. The van der Waals surface area contributed by atoms with Crippen LogP contribution in [0.4, 0.5) is 0 Å². The molecule has 0 aliphatic carbocycles. The number of carbonyl (C=O) groups is 1. The zero-order valence-electron chi connectivity index (χ0n) is 12.0. The third-order valence-corrected chi connectivity index (χ3v) is 5.14. The number of amides is 1. The summed E-state index contributed by atoms with van der Waals surface area (Å²) in [4.78, 5) is 16.1. The Balaban J connectivity index is 0.00000176. The van der Waals surface area contributed by atoms with E-state index < -0.39 is 10.0 Å². The van der Waals surface area contributed by atoms with Gasteiger partial charge in [-0.05, 0) is 25.0 Å². The number of likely N-dealkylation sites (tertiary alicyclic amines) is 1. The van der Waals surface area contributed by atoms with Crippen molar-refractivity contribution in [1.82, 2.24) is 9.80 Å². The Morgan fingerprint density at radius 3 is 2.86 bits per heavy atom. The standard InChI is InChI=1S/C13H18N4O3S.ClH/c14-8-11-2-1-5-17(11)13(18)10-3-4-12-15-21(19,20)7-6-16(12)9-10;/h3-4,9,11H,1-2,5-8,14H2;1H. The van der Waals surface area contributed by atoms with Crippen LogP contribution in [0.3, 0.4) is 0 Å². The van der Waals surface area contributed by atoms with Gasteiger partial charge in [0.25, 0.3) is 15.9 Å². The smallest absolute Gasteiger partial charge is 0.256 e. The van der Waals surface area contributed by atoms with E-state index in [4.69, 9.17) is 5.73 Å². The highest BCUT2D eigenvalue weighted by molar-refractivity contribution is 7.90. The highest BCUT2D eigenvalue weighted by atomic mass is 35.5. The van der Waals surface area contributed by atoms with Gasteiger partial charge in [-0.2, -0.15) is 0 Å². The molecule has 0 aromatic carbocycles. The minimum absolute atomic E-state index is 0. The molecule has 122 valence electrons. The Morgan fingerprint density at radius 1 is 1.36 bits per heavy atom. The minimum Gasteiger partial charge on any atom is -0.334 e. The average molecular weight is 347 g/mol. The lowest BCUT2D eigenvalue weighted by atomic mass is 10.1. The van der Waals surface area contributed by atoms with Crippen LogP contribution in [0.15, 0.2) is 28.3 Å². The van der Waals surface area contributed by atoms with Crippen molar-refractivity contribution >= 4 is 34.2 Å². The van der Waals surface area contributed by atoms with E-state index in [0.717, 1.165) is 19.4 Å². The number of halogens is 1. The summed E-state index contributed by atoms with van der Waals surface area (Å²) in [5.74, 6) is 0.290. The van der Waals surface area contributed by atoms with Crippen molar-refractivity contribution in [2.24, 2.45) is 10.1 Å². The maximum atomic E-state index is 12.5. The molecule has 2 N–H and O–H groups in total. The zero-order valence-corrected chi connectivity index (χ0v) is 13.6. The minimum atomic E-state index is -3.37. The van der Waals surface area contributed by atoms with E-state index in [9.17, 15) is 13.2 Å². The topological polar surface area (TPSA) is 96.1 Å². The normalized spacial score (nSPS) is 26.0. The van der Waals surface area contributed by atoms with Crippen molar-refractivity contribution in [3.8, 4) is 0 Å². The molecule has 7 nitrogen and oxygen atoms in total. The van der Waals surface area contributed by atoms with E-state index >= 15 is 0 Å². The summed E-state index contributed by atoms with van der Waals surface area (Å²) in [6.45, 7) is 1.52. The second-order valence-corrected chi connectivity index (χ2v) is 7.13. The van der Waals surface area contributed by atoms with E-state index in [1.54, 1.807) is 28.2 Å². The molecule has 3 aliphatic rings. The van der Waals surface area contributed by atoms with E-state index in [1.807, 2.05) is 0 Å². The second-order valence-electron chi connectivity index (χ2n) is 5.38. The number of nitrogens with zero attached hydrogens (tertiary/aromatic N) is 3. The average Bonchev–Trinajstić information content (AvgIpc) is 2.93. The van der Waals surface area contributed by atoms with Gasteiger partial charge in [-0.1, -0.05) is 0 Å². The maximum Gasteiger partial charge on any atom is 0.256 e. The van der Waals surface area contributed by atoms with Crippen LogP contribution >= 0.6 is 12.4 Å². The highest BCUT2D eigenvalue weighted by Crippen LogP contribution is 2.22. The van der Waals surface area contributed by atoms with Gasteiger partial charge in [0.05, 0.1) is 11.3 Å². The molecule has 3 heterocycles. The summed E-state index contributed by atoms with van der Waals surface area (Å²) >= 11 is 0. The van der Waals surface area contributed by atoms with E-state index in [2.05, 4.69) is 4.40 Å². The number of hydrogen-bond donors (Lipinski definition) is 1. The van der Waals surface area contributed by atoms with Crippen molar-refractivity contribution in [1.29, 1.82) is 0 Å². The van der Waals surface area contributed by atoms with Gasteiger partial charge in [0.2, 0.25) is 0 Å². The lowest BCUT2D eigenvalue weighted by Gasteiger charge is -2.29. The van der Waals surface area contributed by atoms with Gasteiger partial charge < -0.3 is 15.5 Å². The third-order valence-electron chi connectivity index (χ3n) is 3.98. The molecular weight excluding hydrogens is 328 g/mol. The van der Waals surface area contributed by atoms with Crippen LogP contribution in [0.25, 0.3) is 0 Å². The number of nitrogens with two attached hydrogens (primary N) is 1. The molecule has 3 rings (SSSR count). The fourth-order valence-corrected chi connectivity index (χ4v) is 3.81. The molecule has 1 fully saturated rings. The predicted octanol–water partition coefficient (Wildman–Crippen LogP) is -0.144. The summed E-state index contributed by atoms with van der Waals surface area (Å²) in [6.07, 6.45) is 6.80. The van der Waals surface area contributed by atoms with Crippen molar-refractivity contribution in [2.45, 2.75) is 18.9 Å². The van der Waals surface area contributed by atoms with Crippen LogP contribution in [-0.2, 0) is 14.8 Å². The van der Waals surface area contributed by atoms with E-state index in [1.165, 1.54) is 0 Å². The first kappa shape index (κ1) is 17.0. The molecule has 0 bridgehead atoms. The Bertz CT molecular complexity index is 656. The van der Waals surface area contributed by atoms with Gasteiger partial charge in [0.1, 0.15) is 5.84 Å². The summed E-state index contributed by atoms with van der Waals surface area (Å²) < 4.78 is 26.6. The van der Waals surface area contributed by atoms with Crippen LogP contribution in [0.1, 0.15) is 12.8 Å². The number of carbonyl (C=O) groups excluding carboxylic acids is 1. The summed E-state index contributed by atoms with van der Waals surface area (Å²) in [6, 6.07) is 0.101. The summed E-state index contributed by atoms with van der Waals surface area (Å²) in [7, 11) is -3.37. The van der Waals surface area contributed by atoms with E-state index in [0.29, 0.717) is 24.5 Å². The van der Waals surface area contributed by atoms with Crippen molar-refractivity contribution < 1.29 is 13.2 Å². The fourth-order valence-electron chi connectivity index (χ4n) is 2.84. The SMILES string of the molecule is Cl.NCC1CCCN1C(=O)C1=CN2CCS(=O)(=O)N=C2C=C1. The summed E-state index contributed by atoms with van der Waals surface area (Å²) in [5, 5.41) is 0. The zero-order chi connectivity index (χ0) is 15.0.